The van der Waals surface area contributed by atoms with Gasteiger partial charge in [-0.15, -0.1) is 5.10 Å². The molecule has 1 aromatic rings. The van der Waals surface area contributed by atoms with E-state index in [0.717, 1.165) is 0 Å². The van der Waals surface area contributed by atoms with Gasteiger partial charge in [-0.2, -0.15) is 0 Å². The van der Waals surface area contributed by atoms with E-state index >= 15 is 0 Å². The molecule has 0 spiro atoms. The molecule has 0 radical (unpaired) electrons. The Bertz CT molecular complexity index is 393. The van der Waals surface area contributed by atoms with E-state index in [2.05, 4.69) is 10.1 Å². The first kappa shape index (κ1) is 11.0. The number of carbonyl (C=O) groups excluding carboxylic acids is 1. The van der Waals surface area contributed by atoms with Crippen LogP contribution in [0.4, 0.5) is 0 Å². The summed E-state index contributed by atoms with van der Waals surface area (Å²) in [6.07, 6.45) is -0.390. The number of hydrogen-bond acceptors (Lipinski definition) is 6. The lowest BCUT2D eigenvalue weighted by Crippen LogP contribution is -2.21. The van der Waals surface area contributed by atoms with Crippen molar-refractivity contribution in [2.45, 2.75) is 24.9 Å². The first-order valence-corrected chi connectivity index (χ1v) is 4.77. The molecule has 0 bridgehead atoms. The van der Waals surface area contributed by atoms with Crippen LogP contribution < -0.4 is 5.73 Å². The zero-order valence-corrected chi connectivity index (χ0v) is 8.35. The first-order valence-electron chi connectivity index (χ1n) is 4.77. The predicted octanol–water partition coefficient (Wildman–Crippen LogP) is -1.98. The third kappa shape index (κ3) is 1.90. The summed E-state index contributed by atoms with van der Waals surface area (Å²) in [6, 6.07) is 0. The molecular formula is C8H12N4O4. The molecule has 8 nitrogen and oxygen atoms in total. The first-order chi connectivity index (χ1) is 7.61. The predicted molar refractivity (Wildman–Crippen MR) is 50.2 cm³/mol. The van der Waals surface area contributed by atoms with E-state index in [-0.39, 0.29) is 12.4 Å². The molecule has 88 valence electrons. The Balaban J connectivity index is 2.15. The largest absolute Gasteiger partial charge is 0.394 e. The average Bonchev–Trinajstić information content (AvgIpc) is 2.83. The Labute approximate surface area is 90.6 Å². The van der Waals surface area contributed by atoms with Crippen LogP contribution in [0.25, 0.3) is 0 Å². The Morgan fingerprint density at radius 2 is 2.50 bits per heavy atom. The van der Waals surface area contributed by atoms with Crippen LogP contribution in [0.3, 0.4) is 0 Å². The van der Waals surface area contributed by atoms with E-state index in [1.807, 2.05) is 0 Å². The van der Waals surface area contributed by atoms with Gasteiger partial charge >= 0.3 is 0 Å². The molecule has 1 aliphatic rings. The van der Waals surface area contributed by atoms with Crippen molar-refractivity contribution in [1.29, 1.82) is 0 Å². The van der Waals surface area contributed by atoms with Gasteiger partial charge in [0.25, 0.3) is 5.91 Å². The number of aromatic nitrogens is 3. The molecule has 1 aromatic heterocycles. The summed E-state index contributed by atoms with van der Waals surface area (Å²) < 4.78 is 6.53. The number of carbonyl (C=O) groups is 1. The van der Waals surface area contributed by atoms with Crippen molar-refractivity contribution in [2.24, 2.45) is 5.73 Å². The Kier molecular flexibility index (Phi) is 2.86. The molecule has 0 aliphatic carbocycles. The maximum absolute atomic E-state index is 10.8. The van der Waals surface area contributed by atoms with Gasteiger partial charge in [-0.05, 0) is 0 Å². The highest BCUT2D eigenvalue weighted by Crippen LogP contribution is 2.27. The Morgan fingerprint density at radius 3 is 3.00 bits per heavy atom. The molecule has 0 saturated carbocycles. The lowest BCUT2D eigenvalue weighted by atomic mass is 10.2. The van der Waals surface area contributed by atoms with Crippen LogP contribution in [-0.2, 0) is 4.74 Å². The SMILES string of the molecule is NC(=O)c1ncn([C@H]2O[C@@H](CO)C[C@@H]2O)n1. The summed E-state index contributed by atoms with van der Waals surface area (Å²) in [5.74, 6) is -0.881. The molecule has 2 rings (SSSR count). The number of rotatable bonds is 3. The quantitative estimate of drug-likeness (QED) is 0.550. The molecule has 8 heteroatoms. The van der Waals surface area contributed by atoms with Crippen LogP contribution in [0.15, 0.2) is 6.33 Å². The Hall–Kier alpha value is -1.51. The van der Waals surface area contributed by atoms with Gasteiger partial charge in [0.2, 0.25) is 5.82 Å². The normalized spacial score (nSPS) is 29.5. The van der Waals surface area contributed by atoms with E-state index < -0.39 is 24.3 Å². The van der Waals surface area contributed by atoms with Crippen molar-refractivity contribution in [2.75, 3.05) is 6.61 Å². The standard InChI is InChI=1S/C8H12N4O4/c9-6(15)7-10-3-12(11-7)8-5(14)1-4(2-13)16-8/h3-5,8,13-14H,1-2H2,(H2,9,15)/t4-,5+,8+/m1/s1. The summed E-state index contributed by atoms with van der Waals surface area (Å²) in [5, 5.41) is 22.3. The minimum atomic E-state index is -0.792. The van der Waals surface area contributed by atoms with Gasteiger partial charge in [0, 0.05) is 6.42 Å². The molecule has 3 atom stereocenters. The molecule has 0 aromatic carbocycles. The van der Waals surface area contributed by atoms with Gasteiger partial charge in [0.15, 0.2) is 6.23 Å². The fourth-order valence-electron chi connectivity index (χ4n) is 1.60. The third-order valence-electron chi connectivity index (χ3n) is 2.36. The van der Waals surface area contributed by atoms with Crippen molar-refractivity contribution >= 4 is 5.91 Å². The van der Waals surface area contributed by atoms with Gasteiger partial charge in [0.05, 0.1) is 12.7 Å². The smallest absolute Gasteiger partial charge is 0.288 e. The molecule has 16 heavy (non-hydrogen) atoms. The van der Waals surface area contributed by atoms with Crippen LogP contribution in [0, 0.1) is 0 Å². The van der Waals surface area contributed by atoms with Crippen molar-refractivity contribution < 1.29 is 19.7 Å². The van der Waals surface area contributed by atoms with Gasteiger partial charge in [-0.3, -0.25) is 4.79 Å². The van der Waals surface area contributed by atoms with Gasteiger partial charge in [0.1, 0.15) is 12.4 Å². The monoisotopic (exact) mass is 228 g/mol. The highest BCUT2D eigenvalue weighted by atomic mass is 16.5. The number of ether oxygens (including phenoxy) is 1. The second kappa shape index (κ2) is 4.16. The lowest BCUT2D eigenvalue weighted by Gasteiger charge is -2.13. The molecular weight excluding hydrogens is 216 g/mol. The molecule has 1 aliphatic heterocycles. The van der Waals surface area contributed by atoms with Crippen molar-refractivity contribution in [3.63, 3.8) is 0 Å². The summed E-state index contributed by atoms with van der Waals surface area (Å²) in [6.45, 7) is -0.176. The van der Waals surface area contributed by atoms with Crippen molar-refractivity contribution in [3.05, 3.63) is 12.2 Å². The summed E-state index contributed by atoms with van der Waals surface area (Å²) in [5.41, 5.74) is 4.99. The maximum Gasteiger partial charge on any atom is 0.288 e. The van der Waals surface area contributed by atoms with E-state index in [1.165, 1.54) is 11.0 Å². The molecule has 4 N–H and O–H groups in total. The number of primary amides is 1. The number of aliphatic hydroxyl groups excluding tert-OH is 2. The van der Waals surface area contributed by atoms with Crippen molar-refractivity contribution in [1.82, 2.24) is 14.8 Å². The van der Waals surface area contributed by atoms with Crippen LogP contribution in [0.5, 0.6) is 0 Å². The summed E-state index contributed by atoms with van der Waals surface area (Å²) in [4.78, 5) is 14.4. The van der Waals surface area contributed by atoms with E-state index in [1.54, 1.807) is 0 Å². The highest BCUT2D eigenvalue weighted by Gasteiger charge is 2.35. The van der Waals surface area contributed by atoms with Crippen LogP contribution in [0.1, 0.15) is 23.3 Å². The van der Waals surface area contributed by atoms with Gasteiger partial charge in [-0.25, -0.2) is 9.67 Å². The molecule has 1 fully saturated rings. The zero-order chi connectivity index (χ0) is 11.7. The number of hydrogen-bond donors (Lipinski definition) is 3. The highest BCUT2D eigenvalue weighted by molar-refractivity contribution is 5.88. The summed E-state index contributed by atoms with van der Waals surface area (Å²) in [7, 11) is 0. The minimum absolute atomic E-state index is 0.136. The average molecular weight is 228 g/mol. The molecule has 1 saturated heterocycles. The number of nitrogens with zero attached hydrogens (tertiary/aromatic N) is 3. The molecule has 0 unspecified atom stereocenters. The molecule has 2 heterocycles. The van der Waals surface area contributed by atoms with Gasteiger partial charge < -0.3 is 20.7 Å². The number of aliphatic hydroxyl groups is 2. The van der Waals surface area contributed by atoms with Crippen LogP contribution in [-0.4, -0.2) is 49.7 Å². The topological polar surface area (TPSA) is 123 Å². The summed E-state index contributed by atoms with van der Waals surface area (Å²) >= 11 is 0. The molecule has 1 amide bonds. The van der Waals surface area contributed by atoms with E-state index in [9.17, 15) is 9.90 Å². The second-order valence-corrected chi connectivity index (χ2v) is 3.55. The van der Waals surface area contributed by atoms with E-state index in [4.69, 9.17) is 15.6 Å². The third-order valence-corrected chi connectivity index (χ3v) is 2.36. The van der Waals surface area contributed by atoms with E-state index in [0.29, 0.717) is 6.42 Å². The lowest BCUT2D eigenvalue weighted by molar-refractivity contribution is -0.0572. The van der Waals surface area contributed by atoms with Crippen LogP contribution >= 0.6 is 0 Å². The fourth-order valence-corrected chi connectivity index (χ4v) is 1.60. The fraction of sp³-hybridized carbons (Fsp3) is 0.625. The Morgan fingerprint density at radius 1 is 1.75 bits per heavy atom. The number of amides is 1. The van der Waals surface area contributed by atoms with Gasteiger partial charge in [-0.1, -0.05) is 0 Å². The number of nitrogens with two attached hydrogens (primary N) is 1. The van der Waals surface area contributed by atoms with Crippen LogP contribution in [0.2, 0.25) is 0 Å². The maximum atomic E-state index is 10.8. The zero-order valence-electron chi connectivity index (χ0n) is 8.35. The second-order valence-electron chi connectivity index (χ2n) is 3.55. The van der Waals surface area contributed by atoms with Crippen molar-refractivity contribution in [3.8, 4) is 0 Å². The minimum Gasteiger partial charge on any atom is -0.394 e.